The Kier molecular flexibility index (Phi) is 5.00. The molecule has 0 spiro atoms. The van der Waals surface area contributed by atoms with Gasteiger partial charge >= 0.3 is 0 Å². The maximum absolute atomic E-state index is 3.57. The molecular weight excluding hydrogens is 502 g/mol. The summed E-state index contributed by atoms with van der Waals surface area (Å²) in [6.45, 7) is 0. The lowest BCUT2D eigenvalue weighted by Crippen LogP contribution is -1.94. The van der Waals surface area contributed by atoms with Crippen LogP contribution in [0.4, 0.5) is 0 Å². The average Bonchev–Trinajstić information content (AvgIpc) is 3.27. The molecule has 7 aromatic rings. The van der Waals surface area contributed by atoms with Crippen LogP contribution in [0.15, 0.2) is 138 Å². The number of benzene rings is 6. The largest absolute Gasteiger partial charge is 0.309 e. The number of hydrogen-bond acceptors (Lipinski definition) is 0. The van der Waals surface area contributed by atoms with Gasteiger partial charge in [0, 0.05) is 20.9 Å². The van der Waals surface area contributed by atoms with E-state index in [2.05, 4.69) is 154 Å². The first kappa shape index (κ1) is 21.2. The third-order valence-corrected chi connectivity index (χ3v) is 7.59. The highest BCUT2D eigenvalue weighted by Gasteiger charge is 2.15. The van der Waals surface area contributed by atoms with Gasteiger partial charge in [-0.2, -0.15) is 0 Å². The zero-order valence-corrected chi connectivity index (χ0v) is 21.1. The van der Waals surface area contributed by atoms with Crippen molar-refractivity contribution in [3.8, 4) is 27.9 Å². The molecule has 2 heteroatoms. The minimum atomic E-state index is 1.09. The van der Waals surface area contributed by atoms with E-state index in [4.69, 9.17) is 0 Å². The van der Waals surface area contributed by atoms with Crippen molar-refractivity contribution in [1.82, 2.24) is 4.57 Å². The van der Waals surface area contributed by atoms with Gasteiger partial charge < -0.3 is 4.57 Å². The van der Waals surface area contributed by atoms with Gasteiger partial charge in [0.2, 0.25) is 0 Å². The topological polar surface area (TPSA) is 4.93 Å². The second-order valence-corrected chi connectivity index (χ2v) is 10.1. The van der Waals surface area contributed by atoms with Crippen molar-refractivity contribution in [3.05, 3.63) is 138 Å². The Morgan fingerprint density at radius 3 is 1.92 bits per heavy atom. The van der Waals surface area contributed by atoms with Gasteiger partial charge in [-0.3, -0.25) is 0 Å². The normalized spacial score (nSPS) is 11.5. The summed E-state index contributed by atoms with van der Waals surface area (Å²) in [7, 11) is 0. The molecule has 0 bridgehead atoms. The van der Waals surface area contributed by atoms with Crippen molar-refractivity contribution in [1.29, 1.82) is 0 Å². The fourth-order valence-electron chi connectivity index (χ4n) is 5.35. The highest BCUT2D eigenvalue weighted by Crippen LogP contribution is 2.38. The van der Waals surface area contributed by atoms with Crippen LogP contribution >= 0.6 is 15.9 Å². The highest BCUT2D eigenvalue weighted by atomic mass is 79.9. The van der Waals surface area contributed by atoms with E-state index in [-0.39, 0.29) is 0 Å². The van der Waals surface area contributed by atoms with Crippen molar-refractivity contribution in [3.63, 3.8) is 0 Å². The molecule has 170 valence electrons. The van der Waals surface area contributed by atoms with Gasteiger partial charge in [-0.15, -0.1) is 0 Å². The number of hydrogen-bond donors (Lipinski definition) is 0. The number of aromatic nitrogens is 1. The molecule has 0 N–H and O–H groups in total. The molecule has 1 nitrogen and oxygen atoms in total. The van der Waals surface area contributed by atoms with E-state index in [1.54, 1.807) is 0 Å². The van der Waals surface area contributed by atoms with Crippen molar-refractivity contribution in [2.75, 3.05) is 0 Å². The van der Waals surface area contributed by atoms with Crippen molar-refractivity contribution < 1.29 is 0 Å². The van der Waals surface area contributed by atoms with E-state index >= 15 is 0 Å². The lowest BCUT2D eigenvalue weighted by molar-refractivity contribution is 1.19. The maximum atomic E-state index is 3.57. The minimum Gasteiger partial charge on any atom is -0.309 e. The Hall–Kier alpha value is -4.14. The van der Waals surface area contributed by atoms with Gasteiger partial charge in [-0.05, 0) is 69.4 Å². The fourth-order valence-corrected chi connectivity index (χ4v) is 5.61. The number of halogens is 1. The van der Waals surface area contributed by atoms with Crippen LogP contribution in [0.1, 0.15) is 0 Å². The highest BCUT2D eigenvalue weighted by molar-refractivity contribution is 9.10. The zero-order valence-electron chi connectivity index (χ0n) is 19.5. The van der Waals surface area contributed by atoms with Crippen molar-refractivity contribution >= 4 is 48.5 Å². The predicted molar refractivity (Wildman–Crippen MR) is 157 cm³/mol. The lowest BCUT2D eigenvalue weighted by atomic mass is 9.94. The van der Waals surface area contributed by atoms with Crippen LogP contribution in [-0.4, -0.2) is 4.57 Å². The van der Waals surface area contributed by atoms with Crippen LogP contribution in [0.3, 0.4) is 0 Å². The Morgan fingerprint density at radius 1 is 0.444 bits per heavy atom. The van der Waals surface area contributed by atoms with Crippen LogP contribution in [0, 0.1) is 0 Å². The Bertz CT molecular complexity index is 1890. The standard InChI is InChI=1S/C34H22BrN/c35-27-17-13-24(14-18-27)29-9-3-4-10-30(29)26-16-20-32-31-11-5-6-12-33(31)36(34(32)22-26)28-19-15-23-7-1-2-8-25(23)21-28/h1-22H. The molecule has 6 aromatic carbocycles. The molecule has 36 heavy (non-hydrogen) atoms. The summed E-state index contributed by atoms with van der Waals surface area (Å²) in [5, 5.41) is 5.04. The first-order chi connectivity index (χ1) is 17.8. The molecule has 0 aliphatic rings. The van der Waals surface area contributed by atoms with Gasteiger partial charge in [-0.1, -0.05) is 113 Å². The zero-order chi connectivity index (χ0) is 24.1. The van der Waals surface area contributed by atoms with Crippen LogP contribution in [0.25, 0.3) is 60.5 Å². The van der Waals surface area contributed by atoms with E-state index in [1.807, 2.05) is 0 Å². The van der Waals surface area contributed by atoms with E-state index in [0.29, 0.717) is 0 Å². The second-order valence-electron chi connectivity index (χ2n) is 9.17. The first-order valence-corrected chi connectivity index (χ1v) is 12.9. The molecule has 0 aliphatic carbocycles. The maximum Gasteiger partial charge on any atom is 0.0547 e. The summed E-state index contributed by atoms with van der Waals surface area (Å²) in [5.74, 6) is 0. The summed E-state index contributed by atoms with van der Waals surface area (Å²) in [6.07, 6.45) is 0. The summed E-state index contributed by atoms with van der Waals surface area (Å²) in [6, 6.07) is 48.1. The Balaban J connectivity index is 1.49. The number of nitrogens with zero attached hydrogens (tertiary/aromatic N) is 1. The molecule has 0 aliphatic heterocycles. The average molecular weight is 524 g/mol. The molecule has 7 rings (SSSR count). The number of para-hydroxylation sites is 1. The molecule has 0 amide bonds. The van der Waals surface area contributed by atoms with Crippen LogP contribution < -0.4 is 0 Å². The molecule has 0 unspecified atom stereocenters. The van der Waals surface area contributed by atoms with Gasteiger partial charge in [0.1, 0.15) is 0 Å². The van der Waals surface area contributed by atoms with E-state index in [9.17, 15) is 0 Å². The summed E-state index contributed by atoms with van der Waals surface area (Å²) in [4.78, 5) is 0. The van der Waals surface area contributed by atoms with Gasteiger partial charge in [0.15, 0.2) is 0 Å². The molecule has 0 radical (unpaired) electrons. The van der Waals surface area contributed by atoms with Gasteiger partial charge in [0.25, 0.3) is 0 Å². The van der Waals surface area contributed by atoms with E-state index < -0.39 is 0 Å². The summed E-state index contributed by atoms with van der Waals surface area (Å²) >= 11 is 3.57. The lowest BCUT2D eigenvalue weighted by Gasteiger charge is -2.13. The third kappa shape index (κ3) is 3.45. The predicted octanol–water partition coefficient (Wildman–Crippen LogP) is 10.0. The van der Waals surface area contributed by atoms with E-state index in [0.717, 1.165) is 4.47 Å². The molecule has 0 saturated heterocycles. The second kappa shape index (κ2) is 8.51. The van der Waals surface area contributed by atoms with Crippen LogP contribution in [-0.2, 0) is 0 Å². The fraction of sp³-hybridized carbons (Fsp3) is 0. The quantitative estimate of drug-likeness (QED) is 0.217. The Labute approximate surface area is 218 Å². The van der Waals surface area contributed by atoms with Crippen LogP contribution in [0.2, 0.25) is 0 Å². The summed E-state index contributed by atoms with van der Waals surface area (Å²) < 4.78 is 3.49. The SMILES string of the molecule is Brc1ccc(-c2ccccc2-c2ccc3c4ccccc4n(-c4ccc5ccccc5c4)c3c2)cc1. The minimum absolute atomic E-state index is 1.09. The smallest absolute Gasteiger partial charge is 0.0547 e. The molecule has 0 fully saturated rings. The van der Waals surface area contributed by atoms with Gasteiger partial charge in [0.05, 0.1) is 11.0 Å². The van der Waals surface area contributed by atoms with Crippen LogP contribution in [0.5, 0.6) is 0 Å². The van der Waals surface area contributed by atoms with Crippen molar-refractivity contribution in [2.45, 2.75) is 0 Å². The van der Waals surface area contributed by atoms with E-state index in [1.165, 1.54) is 60.5 Å². The number of rotatable bonds is 3. The van der Waals surface area contributed by atoms with Gasteiger partial charge in [-0.25, -0.2) is 0 Å². The number of fused-ring (bicyclic) bond motifs is 4. The summed E-state index contributed by atoms with van der Waals surface area (Å²) in [5.41, 5.74) is 8.51. The van der Waals surface area contributed by atoms with Crippen molar-refractivity contribution in [2.24, 2.45) is 0 Å². The Morgan fingerprint density at radius 2 is 1.08 bits per heavy atom. The molecule has 1 heterocycles. The molecule has 0 atom stereocenters. The molecular formula is C34H22BrN. The molecule has 0 saturated carbocycles. The molecule has 1 aromatic heterocycles. The first-order valence-electron chi connectivity index (χ1n) is 12.1. The third-order valence-electron chi connectivity index (χ3n) is 7.06. The monoisotopic (exact) mass is 523 g/mol.